The molecule has 1 heterocycles. The van der Waals surface area contributed by atoms with E-state index in [4.69, 9.17) is 16.7 Å². The van der Waals surface area contributed by atoms with Crippen molar-refractivity contribution in [2.75, 3.05) is 11.9 Å². The predicted octanol–water partition coefficient (Wildman–Crippen LogP) is 2.85. The van der Waals surface area contributed by atoms with Crippen molar-refractivity contribution in [1.82, 2.24) is 4.98 Å². The topological polar surface area (TPSA) is 88.3 Å². The van der Waals surface area contributed by atoms with Gasteiger partial charge in [-0.1, -0.05) is 25.4 Å². The summed E-state index contributed by atoms with van der Waals surface area (Å²) in [5.74, 6) is 0.610. The van der Waals surface area contributed by atoms with E-state index in [1.54, 1.807) is 0 Å². The summed E-state index contributed by atoms with van der Waals surface area (Å²) < 4.78 is 0. The van der Waals surface area contributed by atoms with Gasteiger partial charge < -0.3 is 10.4 Å². The lowest BCUT2D eigenvalue weighted by atomic mass is 10.0. The van der Waals surface area contributed by atoms with Gasteiger partial charge in [-0.3, -0.25) is 10.1 Å². The highest BCUT2D eigenvalue weighted by Crippen LogP contribution is 2.25. The summed E-state index contributed by atoms with van der Waals surface area (Å²) in [7, 11) is 0. The van der Waals surface area contributed by atoms with Crippen molar-refractivity contribution in [3.8, 4) is 0 Å². The van der Waals surface area contributed by atoms with Gasteiger partial charge in [-0.25, -0.2) is 4.98 Å². The van der Waals surface area contributed by atoms with E-state index in [1.165, 1.54) is 12.3 Å². The highest BCUT2D eigenvalue weighted by molar-refractivity contribution is 6.33. The van der Waals surface area contributed by atoms with E-state index in [2.05, 4.69) is 10.3 Å². The maximum Gasteiger partial charge on any atom is 0.289 e. The number of nitro groups is 1. The van der Waals surface area contributed by atoms with Gasteiger partial charge in [0.2, 0.25) is 0 Å². The van der Waals surface area contributed by atoms with Crippen LogP contribution in [0.4, 0.5) is 11.5 Å². The van der Waals surface area contributed by atoms with Gasteiger partial charge in [0, 0.05) is 18.7 Å². The molecule has 0 aromatic carbocycles. The van der Waals surface area contributed by atoms with Crippen molar-refractivity contribution in [1.29, 1.82) is 0 Å². The highest BCUT2D eigenvalue weighted by atomic mass is 35.5. The minimum absolute atomic E-state index is 0.119. The molecule has 0 spiro atoms. The normalized spacial score (nSPS) is 13.9. The van der Waals surface area contributed by atoms with Crippen LogP contribution in [-0.2, 0) is 0 Å². The van der Waals surface area contributed by atoms with E-state index >= 15 is 0 Å². The average molecular weight is 288 g/mol. The zero-order valence-electron chi connectivity index (χ0n) is 11.0. The van der Waals surface area contributed by atoms with Crippen molar-refractivity contribution in [3.63, 3.8) is 0 Å². The van der Waals surface area contributed by atoms with Crippen LogP contribution in [0.2, 0.25) is 5.02 Å². The lowest BCUT2D eigenvalue weighted by Gasteiger charge is -2.20. The number of hydrogen-bond donors (Lipinski definition) is 2. The van der Waals surface area contributed by atoms with Crippen molar-refractivity contribution in [2.24, 2.45) is 5.92 Å². The number of aliphatic hydroxyl groups excluding tert-OH is 1. The van der Waals surface area contributed by atoms with E-state index in [1.807, 2.05) is 13.8 Å². The molecule has 0 radical (unpaired) electrons. The Labute approximate surface area is 117 Å². The maximum absolute atomic E-state index is 10.6. The van der Waals surface area contributed by atoms with Crippen molar-refractivity contribution >= 4 is 23.1 Å². The molecule has 2 N–H and O–H groups in total. The Hall–Kier alpha value is -1.40. The number of pyridine rings is 1. The Kier molecular flexibility index (Phi) is 5.98. The molecular formula is C12H18ClN3O3. The Morgan fingerprint density at radius 2 is 2.32 bits per heavy atom. The zero-order chi connectivity index (χ0) is 14.4. The second-order valence-electron chi connectivity index (χ2n) is 4.55. The van der Waals surface area contributed by atoms with E-state index in [0.717, 1.165) is 12.8 Å². The molecule has 0 unspecified atom stereocenters. The van der Waals surface area contributed by atoms with Gasteiger partial charge in [0.25, 0.3) is 5.69 Å². The Morgan fingerprint density at radius 1 is 1.63 bits per heavy atom. The maximum atomic E-state index is 10.6. The molecule has 2 atom stereocenters. The fourth-order valence-electron chi connectivity index (χ4n) is 1.72. The third-order valence-electron chi connectivity index (χ3n) is 2.87. The van der Waals surface area contributed by atoms with Gasteiger partial charge in [0.1, 0.15) is 12.0 Å². The number of anilines is 1. The zero-order valence-corrected chi connectivity index (χ0v) is 11.7. The largest absolute Gasteiger partial charge is 0.396 e. The van der Waals surface area contributed by atoms with Crippen LogP contribution in [0.1, 0.15) is 26.7 Å². The van der Waals surface area contributed by atoms with Crippen molar-refractivity contribution in [2.45, 2.75) is 32.7 Å². The van der Waals surface area contributed by atoms with Crippen molar-refractivity contribution in [3.05, 3.63) is 27.4 Å². The van der Waals surface area contributed by atoms with Crippen LogP contribution in [0.15, 0.2) is 12.3 Å². The van der Waals surface area contributed by atoms with Crippen LogP contribution in [0.25, 0.3) is 0 Å². The molecule has 19 heavy (non-hydrogen) atoms. The van der Waals surface area contributed by atoms with Gasteiger partial charge in [0.05, 0.1) is 9.95 Å². The summed E-state index contributed by atoms with van der Waals surface area (Å²) in [5, 5.41) is 23.0. The van der Waals surface area contributed by atoms with Crippen molar-refractivity contribution < 1.29 is 10.0 Å². The van der Waals surface area contributed by atoms with Crippen LogP contribution in [0.3, 0.4) is 0 Å². The predicted molar refractivity (Wildman–Crippen MR) is 74.5 cm³/mol. The molecule has 0 aliphatic heterocycles. The number of hydrogen-bond acceptors (Lipinski definition) is 5. The summed E-state index contributed by atoms with van der Waals surface area (Å²) in [6.07, 6.45) is 2.80. The first kappa shape index (κ1) is 15.7. The number of rotatable bonds is 7. The molecule has 0 saturated heterocycles. The molecule has 1 aromatic rings. The summed E-state index contributed by atoms with van der Waals surface area (Å²) in [6, 6.07) is 1.40. The first-order valence-electron chi connectivity index (χ1n) is 6.15. The molecule has 0 saturated carbocycles. The Balaban J connectivity index is 2.77. The molecule has 1 rings (SSSR count). The monoisotopic (exact) mass is 287 g/mol. The van der Waals surface area contributed by atoms with Crippen LogP contribution in [-0.4, -0.2) is 27.7 Å². The lowest BCUT2D eigenvalue weighted by Crippen LogP contribution is -2.23. The number of nitrogens with zero attached hydrogens (tertiary/aromatic N) is 2. The van der Waals surface area contributed by atoms with Gasteiger partial charge in [-0.2, -0.15) is 0 Å². The second-order valence-corrected chi connectivity index (χ2v) is 4.96. The van der Waals surface area contributed by atoms with Crippen LogP contribution in [0.5, 0.6) is 0 Å². The average Bonchev–Trinajstić information content (AvgIpc) is 2.39. The first-order valence-corrected chi connectivity index (χ1v) is 6.53. The SMILES string of the molecule is CC[C@H](C[C@H](C)CO)Nc1ncc([N+](=O)[O-])cc1Cl. The fourth-order valence-corrected chi connectivity index (χ4v) is 1.93. The van der Waals surface area contributed by atoms with E-state index in [-0.39, 0.29) is 29.3 Å². The van der Waals surface area contributed by atoms with E-state index in [0.29, 0.717) is 5.82 Å². The van der Waals surface area contributed by atoms with E-state index < -0.39 is 4.92 Å². The summed E-state index contributed by atoms with van der Waals surface area (Å²) in [4.78, 5) is 14.0. The minimum Gasteiger partial charge on any atom is -0.396 e. The number of aromatic nitrogens is 1. The van der Waals surface area contributed by atoms with Gasteiger partial charge in [-0.15, -0.1) is 0 Å². The Bertz CT molecular complexity index is 442. The van der Waals surface area contributed by atoms with Crippen LogP contribution in [0, 0.1) is 16.0 Å². The standard InChI is InChI=1S/C12H18ClN3O3/c1-3-9(4-8(2)7-17)15-12-11(13)5-10(6-14-12)16(18)19/h5-6,8-9,17H,3-4,7H2,1-2H3,(H,14,15)/t8-,9+/m0/s1. The number of nitrogens with one attached hydrogen (secondary N) is 1. The first-order chi connectivity index (χ1) is 8.97. The molecular weight excluding hydrogens is 270 g/mol. The molecule has 6 nitrogen and oxygen atoms in total. The molecule has 0 fully saturated rings. The van der Waals surface area contributed by atoms with Crippen LogP contribution >= 0.6 is 11.6 Å². The molecule has 106 valence electrons. The number of aliphatic hydroxyl groups is 1. The molecule has 7 heteroatoms. The van der Waals surface area contributed by atoms with Gasteiger partial charge in [-0.05, 0) is 18.8 Å². The summed E-state index contributed by atoms with van der Waals surface area (Å²) in [6.45, 7) is 4.09. The number of halogens is 1. The lowest BCUT2D eigenvalue weighted by molar-refractivity contribution is -0.385. The summed E-state index contributed by atoms with van der Waals surface area (Å²) >= 11 is 5.97. The van der Waals surface area contributed by atoms with Gasteiger partial charge >= 0.3 is 0 Å². The van der Waals surface area contributed by atoms with Crippen LogP contribution < -0.4 is 5.32 Å². The molecule has 0 bridgehead atoms. The third kappa shape index (κ3) is 4.65. The molecule has 0 aliphatic rings. The Morgan fingerprint density at radius 3 is 2.79 bits per heavy atom. The summed E-state index contributed by atoms with van der Waals surface area (Å²) in [5.41, 5.74) is -0.132. The minimum atomic E-state index is -0.534. The van der Waals surface area contributed by atoms with E-state index in [9.17, 15) is 10.1 Å². The molecule has 1 aromatic heterocycles. The fraction of sp³-hybridized carbons (Fsp3) is 0.583. The second kappa shape index (κ2) is 7.25. The molecule has 0 aliphatic carbocycles. The highest BCUT2D eigenvalue weighted by Gasteiger charge is 2.15. The smallest absolute Gasteiger partial charge is 0.289 e. The van der Waals surface area contributed by atoms with Gasteiger partial charge in [0.15, 0.2) is 0 Å². The quantitative estimate of drug-likeness (QED) is 0.594. The molecule has 0 amide bonds. The third-order valence-corrected chi connectivity index (χ3v) is 3.16.